The number of ether oxygens (including phenoxy) is 2. The molecule has 0 saturated heterocycles. The summed E-state index contributed by atoms with van der Waals surface area (Å²) in [5.41, 5.74) is 11.8. The first kappa shape index (κ1) is 14.0. The van der Waals surface area contributed by atoms with Crippen LogP contribution in [-0.4, -0.2) is 0 Å². The molecule has 0 N–H and O–H groups in total. The number of hydrogen-bond acceptors (Lipinski definition) is 2. The fourth-order valence-electron chi connectivity index (χ4n) is 5.77. The van der Waals surface area contributed by atoms with Crippen LogP contribution in [0.25, 0.3) is 0 Å². The van der Waals surface area contributed by atoms with Gasteiger partial charge in [0.15, 0.2) is 0 Å². The zero-order chi connectivity index (χ0) is 16.8. The second-order valence-electron chi connectivity index (χ2n) is 8.15. The van der Waals surface area contributed by atoms with E-state index in [4.69, 9.17) is 9.47 Å². The summed E-state index contributed by atoms with van der Waals surface area (Å²) in [5.74, 6) is 0. The molecular formula is C24H20O2. The summed E-state index contributed by atoms with van der Waals surface area (Å²) in [6, 6.07) is 9.46. The molecule has 2 nitrogen and oxygen atoms in total. The van der Waals surface area contributed by atoms with Crippen molar-refractivity contribution in [1.29, 1.82) is 0 Å². The Morgan fingerprint density at radius 1 is 0.462 bits per heavy atom. The van der Waals surface area contributed by atoms with Gasteiger partial charge in [-0.25, -0.2) is 0 Å². The van der Waals surface area contributed by atoms with E-state index in [1.807, 2.05) is 0 Å². The molecule has 4 heterocycles. The largest absolute Gasteiger partial charge is 0.357 e. The van der Waals surface area contributed by atoms with Gasteiger partial charge in [-0.3, -0.25) is 0 Å². The summed E-state index contributed by atoms with van der Waals surface area (Å²) in [7, 11) is 0. The van der Waals surface area contributed by atoms with Crippen LogP contribution in [0.1, 0.15) is 68.9 Å². The van der Waals surface area contributed by atoms with Crippen molar-refractivity contribution in [2.45, 2.75) is 50.1 Å². The number of aryl methyl sites for hydroxylation is 4. The minimum atomic E-state index is 0.182. The minimum absolute atomic E-state index is 0.182. The van der Waals surface area contributed by atoms with Crippen LogP contribution >= 0.6 is 0 Å². The Morgan fingerprint density at radius 3 is 1.00 bits per heavy atom. The molecule has 8 bridgehead atoms. The lowest BCUT2D eigenvalue weighted by Gasteiger charge is -2.22. The zero-order valence-electron chi connectivity index (χ0n) is 14.6. The second-order valence-corrected chi connectivity index (χ2v) is 8.15. The third kappa shape index (κ3) is 1.65. The van der Waals surface area contributed by atoms with Gasteiger partial charge >= 0.3 is 0 Å². The molecule has 2 aromatic rings. The molecule has 128 valence electrons. The van der Waals surface area contributed by atoms with Gasteiger partial charge in [0.1, 0.15) is 24.4 Å². The second kappa shape index (κ2) is 4.76. The summed E-state index contributed by atoms with van der Waals surface area (Å²) >= 11 is 0. The lowest BCUT2D eigenvalue weighted by Crippen LogP contribution is -2.11. The molecule has 2 aliphatic carbocycles. The summed E-state index contributed by atoms with van der Waals surface area (Å²) in [5, 5.41) is 0. The van der Waals surface area contributed by atoms with Crippen LogP contribution in [0, 0.1) is 0 Å². The van der Waals surface area contributed by atoms with Crippen molar-refractivity contribution in [2.24, 2.45) is 0 Å². The lowest BCUT2D eigenvalue weighted by atomic mass is 9.81. The van der Waals surface area contributed by atoms with E-state index in [0.717, 1.165) is 25.7 Å². The average Bonchev–Trinajstić information content (AvgIpc) is 3.44. The van der Waals surface area contributed by atoms with Crippen molar-refractivity contribution in [3.05, 3.63) is 93.1 Å². The first-order valence-electron chi connectivity index (χ1n) is 9.83. The highest BCUT2D eigenvalue weighted by molar-refractivity contribution is 5.55. The molecule has 0 aromatic heterocycles. The minimum Gasteiger partial charge on any atom is -0.357 e. The third-order valence-electron chi connectivity index (χ3n) is 6.91. The van der Waals surface area contributed by atoms with Gasteiger partial charge in [-0.15, -0.1) is 0 Å². The van der Waals surface area contributed by atoms with Gasteiger partial charge in [-0.1, -0.05) is 48.6 Å². The maximum atomic E-state index is 6.21. The third-order valence-corrected chi connectivity index (χ3v) is 6.91. The molecule has 0 radical (unpaired) electrons. The van der Waals surface area contributed by atoms with Crippen LogP contribution in [-0.2, 0) is 35.2 Å². The van der Waals surface area contributed by atoms with Gasteiger partial charge in [0.2, 0.25) is 0 Å². The van der Waals surface area contributed by atoms with Crippen LogP contribution in [0.2, 0.25) is 0 Å². The van der Waals surface area contributed by atoms with Gasteiger partial charge in [-0.2, -0.15) is 0 Å². The standard InChI is InChI=1S/C24H20O2/c1-2-14-7-8-16-4-3-15(23-19-11-12-20(26-19)24(16)23)6-5-13(1)21-17-9-10-18(25-17)22(14)21/h1-4,9-12,17-20H,5-8H2. The van der Waals surface area contributed by atoms with Crippen molar-refractivity contribution >= 4 is 0 Å². The SMILES string of the molecule is C1=CC2OC1c1c3ccc(c12)CCc1ccc(c2c1C1C=CC2O1)CC3. The highest BCUT2D eigenvalue weighted by Gasteiger charge is 2.39. The highest BCUT2D eigenvalue weighted by atomic mass is 16.5. The first-order valence-corrected chi connectivity index (χ1v) is 9.83. The number of benzene rings is 2. The maximum Gasteiger partial charge on any atom is 0.103 e. The number of rotatable bonds is 0. The first-order chi connectivity index (χ1) is 12.9. The van der Waals surface area contributed by atoms with E-state index in [0.29, 0.717) is 0 Å². The Morgan fingerprint density at radius 2 is 0.731 bits per heavy atom. The summed E-state index contributed by atoms with van der Waals surface area (Å²) in [6.07, 6.45) is 14.0. The van der Waals surface area contributed by atoms with Gasteiger partial charge in [0, 0.05) is 0 Å². The molecule has 26 heavy (non-hydrogen) atoms. The summed E-state index contributed by atoms with van der Waals surface area (Å²) in [4.78, 5) is 0. The predicted octanol–water partition coefficient (Wildman–Crippen LogP) is 4.93. The molecule has 2 aromatic carbocycles. The quantitative estimate of drug-likeness (QED) is 0.633. The van der Waals surface area contributed by atoms with Crippen molar-refractivity contribution in [3.63, 3.8) is 0 Å². The predicted molar refractivity (Wildman–Crippen MR) is 99.1 cm³/mol. The molecule has 4 atom stereocenters. The summed E-state index contributed by atoms with van der Waals surface area (Å²) in [6.45, 7) is 0. The molecule has 6 aliphatic rings. The van der Waals surface area contributed by atoms with E-state index in [2.05, 4.69) is 48.6 Å². The van der Waals surface area contributed by atoms with E-state index in [9.17, 15) is 0 Å². The monoisotopic (exact) mass is 340 g/mol. The van der Waals surface area contributed by atoms with Crippen molar-refractivity contribution < 1.29 is 9.47 Å². The van der Waals surface area contributed by atoms with Crippen molar-refractivity contribution in [1.82, 2.24) is 0 Å². The van der Waals surface area contributed by atoms with Gasteiger partial charge in [0.05, 0.1) is 0 Å². The maximum absolute atomic E-state index is 6.21. The summed E-state index contributed by atoms with van der Waals surface area (Å²) < 4.78 is 12.4. The van der Waals surface area contributed by atoms with Gasteiger partial charge in [0.25, 0.3) is 0 Å². The number of fused-ring (bicyclic) bond motifs is 10. The Balaban J connectivity index is 1.41. The molecule has 0 fully saturated rings. The van der Waals surface area contributed by atoms with E-state index in [1.165, 1.54) is 44.5 Å². The van der Waals surface area contributed by atoms with E-state index >= 15 is 0 Å². The normalized spacial score (nSPS) is 31.4. The molecule has 2 heteroatoms. The van der Waals surface area contributed by atoms with Gasteiger partial charge < -0.3 is 9.47 Å². The van der Waals surface area contributed by atoms with Crippen molar-refractivity contribution in [3.8, 4) is 0 Å². The van der Waals surface area contributed by atoms with E-state index in [-0.39, 0.29) is 24.4 Å². The van der Waals surface area contributed by atoms with Crippen LogP contribution in [0.3, 0.4) is 0 Å². The Labute approximate surface area is 153 Å². The Bertz CT molecular complexity index is 867. The van der Waals surface area contributed by atoms with E-state index in [1.54, 1.807) is 0 Å². The fraction of sp³-hybridized carbons (Fsp3) is 0.333. The molecule has 4 unspecified atom stereocenters. The number of hydrogen-bond donors (Lipinski definition) is 0. The van der Waals surface area contributed by atoms with Gasteiger partial charge in [-0.05, 0) is 70.2 Å². The Hall–Kier alpha value is -2.16. The molecule has 8 rings (SSSR count). The Kier molecular flexibility index (Phi) is 2.56. The van der Waals surface area contributed by atoms with Crippen LogP contribution < -0.4 is 0 Å². The lowest BCUT2D eigenvalue weighted by molar-refractivity contribution is 0.0868. The molecule has 0 amide bonds. The molecule has 4 aliphatic heterocycles. The molecule has 0 saturated carbocycles. The molecule has 0 spiro atoms. The van der Waals surface area contributed by atoms with Crippen LogP contribution in [0.4, 0.5) is 0 Å². The van der Waals surface area contributed by atoms with Crippen molar-refractivity contribution in [2.75, 3.05) is 0 Å². The van der Waals surface area contributed by atoms with E-state index < -0.39 is 0 Å². The van der Waals surface area contributed by atoms with Crippen LogP contribution in [0.15, 0.2) is 48.6 Å². The fourth-order valence-corrected chi connectivity index (χ4v) is 5.77. The van der Waals surface area contributed by atoms with Crippen LogP contribution in [0.5, 0.6) is 0 Å². The smallest absolute Gasteiger partial charge is 0.103 e. The topological polar surface area (TPSA) is 18.5 Å². The zero-order valence-corrected chi connectivity index (χ0v) is 14.6. The highest BCUT2D eigenvalue weighted by Crippen LogP contribution is 2.51. The average molecular weight is 340 g/mol. The molecular weight excluding hydrogens is 320 g/mol.